The van der Waals surface area contributed by atoms with Gasteiger partial charge in [-0.15, -0.1) is 11.6 Å². The normalized spacial score (nSPS) is 10.4. The van der Waals surface area contributed by atoms with E-state index in [4.69, 9.17) is 11.6 Å². The topological polar surface area (TPSA) is 3.24 Å². The van der Waals surface area contributed by atoms with Crippen LogP contribution in [0.4, 0.5) is 10.1 Å². The lowest BCUT2D eigenvalue weighted by Crippen LogP contribution is -2.19. The maximum absolute atomic E-state index is 13.9. The highest BCUT2D eigenvalue weighted by Gasteiger charge is 2.12. The Bertz CT molecular complexity index is 513. The standard InChI is InChI=1S/C15H15ClFN/c1-18(11-12-6-3-2-4-7-12)15-13(10-16)8-5-9-14(15)17/h2-9H,10-11H2,1H3. The third-order valence-electron chi connectivity index (χ3n) is 2.86. The largest absolute Gasteiger partial charge is 0.368 e. The first-order chi connectivity index (χ1) is 8.72. The zero-order valence-corrected chi connectivity index (χ0v) is 11.0. The average molecular weight is 264 g/mol. The molecule has 0 saturated heterocycles. The van der Waals surface area contributed by atoms with Gasteiger partial charge < -0.3 is 4.90 Å². The number of benzene rings is 2. The molecule has 0 heterocycles. The lowest BCUT2D eigenvalue weighted by molar-refractivity contribution is 0.620. The molecule has 3 heteroatoms. The number of alkyl halides is 1. The van der Waals surface area contributed by atoms with Gasteiger partial charge in [0.05, 0.1) is 5.69 Å². The molecule has 0 atom stereocenters. The van der Waals surface area contributed by atoms with Gasteiger partial charge in [-0.2, -0.15) is 0 Å². The molecule has 0 aliphatic rings. The third-order valence-corrected chi connectivity index (χ3v) is 3.15. The number of nitrogens with zero attached hydrogens (tertiary/aromatic N) is 1. The summed E-state index contributed by atoms with van der Waals surface area (Å²) in [6.45, 7) is 0.658. The Balaban J connectivity index is 2.26. The molecule has 0 radical (unpaired) electrons. The number of anilines is 1. The Labute approximate surface area is 112 Å². The van der Waals surface area contributed by atoms with Gasteiger partial charge in [0.15, 0.2) is 0 Å². The van der Waals surface area contributed by atoms with Crippen molar-refractivity contribution < 1.29 is 4.39 Å². The molecule has 1 nitrogen and oxygen atoms in total. The summed E-state index contributed by atoms with van der Waals surface area (Å²) in [5, 5.41) is 0. The van der Waals surface area contributed by atoms with Crippen molar-refractivity contribution in [3.05, 3.63) is 65.5 Å². The van der Waals surface area contributed by atoms with Crippen molar-refractivity contribution in [2.45, 2.75) is 12.4 Å². The van der Waals surface area contributed by atoms with Gasteiger partial charge in [-0.3, -0.25) is 0 Å². The van der Waals surface area contributed by atoms with Gasteiger partial charge in [0, 0.05) is 19.5 Å². The summed E-state index contributed by atoms with van der Waals surface area (Å²) in [5.41, 5.74) is 2.54. The SMILES string of the molecule is CN(Cc1ccccc1)c1c(F)cccc1CCl. The smallest absolute Gasteiger partial charge is 0.146 e. The first-order valence-electron chi connectivity index (χ1n) is 5.81. The molecule has 2 aromatic carbocycles. The molecule has 0 unspecified atom stereocenters. The first kappa shape index (κ1) is 12.9. The third kappa shape index (κ3) is 2.82. The summed E-state index contributed by atoms with van der Waals surface area (Å²) in [6, 6.07) is 15.0. The van der Waals surface area contributed by atoms with Gasteiger partial charge in [0.2, 0.25) is 0 Å². The molecule has 18 heavy (non-hydrogen) atoms. The van der Waals surface area contributed by atoms with Crippen molar-refractivity contribution in [3.8, 4) is 0 Å². The van der Waals surface area contributed by atoms with E-state index >= 15 is 0 Å². The van der Waals surface area contributed by atoms with Crippen LogP contribution in [0.2, 0.25) is 0 Å². The van der Waals surface area contributed by atoms with Gasteiger partial charge in [-0.1, -0.05) is 42.5 Å². The van der Waals surface area contributed by atoms with Crippen LogP contribution in [0, 0.1) is 5.82 Å². The van der Waals surface area contributed by atoms with Crippen molar-refractivity contribution in [1.82, 2.24) is 0 Å². The quantitative estimate of drug-likeness (QED) is 0.748. The van der Waals surface area contributed by atoms with Crippen LogP contribution in [-0.4, -0.2) is 7.05 Å². The van der Waals surface area contributed by atoms with E-state index < -0.39 is 0 Å². The van der Waals surface area contributed by atoms with Crippen molar-refractivity contribution in [2.24, 2.45) is 0 Å². The van der Waals surface area contributed by atoms with E-state index in [1.807, 2.05) is 48.3 Å². The molecule has 94 valence electrons. The summed E-state index contributed by atoms with van der Waals surface area (Å²) in [5.74, 6) is 0.0817. The predicted molar refractivity (Wildman–Crippen MR) is 74.5 cm³/mol. The lowest BCUT2D eigenvalue weighted by atomic mass is 10.1. The Hall–Kier alpha value is -1.54. The van der Waals surface area contributed by atoms with E-state index in [-0.39, 0.29) is 5.82 Å². The Morgan fingerprint density at radius 2 is 1.78 bits per heavy atom. The molecule has 0 aromatic heterocycles. The Morgan fingerprint density at radius 1 is 1.06 bits per heavy atom. The molecule has 0 amide bonds. The Morgan fingerprint density at radius 3 is 2.44 bits per heavy atom. The highest BCUT2D eigenvalue weighted by Crippen LogP contribution is 2.26. The highest BCUT2D eigenvalue weighted by molar-refractivity contribution is 6.17. The zero-order valence-electron chi connectivity index (χ0n) is 10.2. The van der Waals surface area contributed by atoms with Crippen LogP contribution >= 0.6 is 11.6 Å². The molecule has 0 fully saturated rings. The fourth-order valence-electron chi connectivity index (χ4n) is 2.03. The fraction of sp³-hybridized carbons (Fsp3) is 0.200. The van der Waals surface area contributed by atoms with E-state index in [2.05, 4.69) is 0 Å². The van der Waals surface area contributed by atoms with E-state index in [0.29, 0.717) is 18.1 Å². The molecule has 0 N–H and O–H groups in total. The Kier molecular flexibility index (Phi) is 4.21. The number of para-hydroxylation sites is 1. The number of halogens is 2. The van der Waals surface area contributed by atoms with Crippen LogP contribution < -0.4 is 4.90 Å². The van der Waals surface area contributed by atoms with E-state index in [9.17, 15) is 4.39 Å². The second-order valence-corrected chi connectivity index (χ2v) is 4.49. The number of rotatable bonds is 4. The molecule has 2 aromatic rings. The summed E-state index contributed by atoms with van der Waals surface area (Å²) >= 11 is 5.86. The summed E-state index contributed by atoms with van der Waals surface area (Å²) in [4.78, 5) is 1.89. The molecular weight excluding hydrogens is 249 g/mol. The maximum Gasteiger partial charge on any atom is 0.146 e. The van der Waals surface area contributed by atoms with Crippen molar-refractivity contribution >= 4 is 17.3 Å². The van der Waals surface area contributed by atoms with E-state index in [0.717, 1.165) is 11.1 Å². The van der Waals surface area contributed by atoms with Crippen molar-refractivity contribution in [2.75, 3.05) is 11.9 Å². The molecule has 0 spiro atoms. The molecule has 0 saturated carbocycles. The van der Waals surface area contributed by atoms with Crippen LogP contribution in [0.5, 0.6) is 0 Å². The fourth-order valence-corrected chi connectivity index (χ4v) is 2.25. The molecular formula is C15H15ClFN. The van der Waals surface area contributed by atoms with Crippen LogP contribution in [0.1, 0.15) is 11.1 Å². The average Bonchev–Trinajstić information content (AvgIpc) is 2.39. The monoisotopic (exact) mass is 263 g/mol. The van der Waals surface area contributed by atoms with Crippen molar-refractivity contribution in [3.63, 3.8) is 0 Å². The zero-order chi connectivity index (χ0) is 13.0. The second-order valence-electron chi connectivity index (χ2n) is 4.22. The van der Waals surface area contributed by atoms with Gasteiger partial charge in [0.25, 0.3) is 0 Å². The predicted octanol–water partition coefficient (Wildman–Crippen LogP) is 4.20. The molecule has 0 aliphatic heterocycles. The minimum Gasteiger partial charge on any atom is -0.368 e. The molecule has 0 aliphatic carbocycles. The van der Waals surface area contributed by atoms with Gasteiger partial charge in [-0.25, -0.2) is 4.39 Å². The maximum atomic E-state index is 13.9. The summed E-state index contributed by atoms with van der Waals surface area (Å²) < 4.78 is 13.9. The van der Waals surface area contributed by atoms with Crippen LogP contribution in [0.15, 0.2) is 48.5 Å². The molecule has 2 rings (SSSR count). The first-order valence-corrected chi connectivity index (χ1v) is 6.34. The van der Waals surface area contributed by atoms with E-state index in [1.54, 1.807) is 6.07 Å². The lowest BCUT2D eigenvalue weighted by Gasteiger charge is -2.22. The number of hydrogen-bond donors (Lipinski definition) is 0. The minimum absolute atomic E-state index is 0.230. The summed E-state index contributed by atoms with van der Waals surface area (Å²) in [6.07, 6.45) is 0. The van der Waals surface area contributed by atoms with Gasteiger partial charge in [0.1, 0.15) is 5.82 Å². The van der Waals surface area contributed by atoms with Gasteiger partial charge >= 0.3 is 0 Å². The summed E-state index contributed by atoms with van der Waals surface area (Å²) in [7, 11) is 1.88. The van der Waals surface area contributed by atoms with Crippen LogP contribution in [0.25, 0.3) is 0 Å². The second kappa shape index (κ2) is 5.87. The van der Waals surface area contributed by atoms with E-state index in [1.165, 1.54) is 6.07 Å². The van der Waals surface area contributed by atoms with Crippen LogP contribution in [0.3, 0.4) is 0 Å². The molecule has 0 bridgehead atoms. The van der Waals surface area contributed by atoms with Crippen LogP contribution in [-0.2, 0) is 12.4 Å². The minimum atomic E-state index is -0.230. The van der Waals surface area contributed by atoms with Crippen molar-refractivity contribution in [1.29, 1.82) is 0 Å². The van der Waals surface area contributed by atoms with Gasteiger partial charge in [-0.05, 0) is 17.2 Å². The number of hydrogen-bond acceptors (Lipinski definition) is 1. The highest BCUT2D eigenvalue weighted by atomic mass is 35.5.